The SMILES string of the molecule is CCOc1c(N2CC3CCCNC3C2)c(F)cc2c(=O)c(C(=O)O)cn(C3CC3)c12. The van der Waals surface area contributed by atoms with Crippen LogP contribution in [0.15, 0.2) is 17.1 Å². The number of aromatic carboxylic acids is 1. The summed E-state index contributed by atoms with van der Waals surface area (Å²) in [6.45, 7) is 4.56. The van der Waals surface area contributed by atoms with Crippen LogP contribution in [0.5, 0.6) is 5.75 Å². The number of nitrogens with zero attached hydrogens (tertiary/aromatic N) is 2. The first-order valence-electron chi connectivity index (χ1n) is 10.7. The van der Waals surface area contributed by atoms with Crippen molar-refractivity contribution < 1.29 is 19.0 Å². The molecule has 1 aliphatic carbocycles. The third-order valence-corrected chi connectivity index (χ3v) is 6.57. The lowest BCUT2D eigenvalue weighted by atomic mass is 9.94. The van der Waals surface area contributed by atoms with Gasteiger partial charge in [0, 0.05) is 31.4 Å². The lowest BCUT2D eigenvalue weighted by Gasteiger charge is -2.25. The van der Waals surface area contributed by atoms with Crippen molar-refractivity contribution in [3.63, 3.8) is 0 Å². The third kappa shape index (κ3) is 3.05. The normalized spacial score (nSPS) is 23.6. The summed E-state index contributed by atoms with van der Waals surface area (Å²) < 4.78 is 23.2. The van der Waals surface area contributed by atoms with Gasteiger partial charge in [0.25, 0.3) is 0 Å². The molecule has 30 heavy (non-hydrogen) atoms. The molecule has 0 amide bonds. The van der Waals surface area contributed by atoms with Gasteiger partial charge in [-0.3, -0.25) is 4.79 Å². The molecule has 2 aromatic rings. The fraction of sp³-hybridized carbons (Fsp3) is 0.545. The highest BCUT2D eigenvalue weighted by Crippen LogP contribution is 2.45. The van der Waals surface area contributed by atoms with Crippen LogP contribution >= 0.6 is 0 Å². The standard InChI is InChI=1S/C22H26FN3O4/c1-2-30-21-18-14(20(27)15(22(28)29)10-26(18)13-5-6-13)8-16(23)19(21)25-9-12-4-3-7-24-17(12)11-25/h8,10,12-13,17,24H,2-7,9,11H2,1H3,(H,28,29). The van der Waals surface area contributed by atoms with Gasteiger partial charge in [-0.15, -0.1) is 0 Å². The van der Waals surface area contributed by atoms with E-state index in [-0.39, 0.29) is 17.0 Å². The first-order valence-corrected chi connectivity index (χ1v) is 10.7. The molecule has 160 valence electrons. The van der Waals surface area contributed by atoms with Crippen molar-refractivity contribution in [1.29, 1.82) is 0 Å². The first-order chi connectivity index (χ1) is 14.5. The van der Waals surface area contributed by atoms with Gasteiger partial charge in [0.2, 0.25) is 5.43 Å². The molecule has 1 aromatic carbocycles. The van der Waals surface area contributed by atoms with Crippen LogP contribution in [0, 0.1) is 11.7 Å². The van der Waals surface area contributed by atoms with Crippen molar-refractivity contribution in [1.82, 2.24) is 9.88 Å². The van der Waals surface area contributed by atoms with E-state index in [1.165, 1.54) is 12.3 Å². The topological polar surface area (TPSA) is 83.8 Å². The number of carbonyl (C=O) groups is 1. The van der Waals surface area contributed by atoms with Crippen molar-refractivity contribution in [3.8, 4) is 5.75 Å². The third-order valence-electron chi connectivity index (χ3n) is 6.57. The average molecular weight is 415 g/mol. The summed E-state index contributed by atoms with van der Waals surface area (Å²) in [5.41, 5.74) is -0.107. The van der Waals surface area contributed by atoms with Crippen LogP contribution in [0.2, 0.25) is 0 Å². The van der Waals surface area contributed by atoms with Gasteiger partial charge in [0.1, 0.15) is 11.3 Å². The molecule has 0 bridgehead atoms. The van der Waals surface area contributed by atoms with Gasteiger partial charge < -0.3 is 24.6 Å². The fourth-order valence-corrected chi connectivity index (χ4v) is 5.04. The van der Waals surface area contributed by atoms with E-state index in [2.05, 4.69) is 5.32 Å². The van der Waals surface area contributed by atoms with Crippen LogP contribution in [-0.2, 0) is 0 Å². The van der Waals surface area contributed by atoms with Gasteiger partial charge in [-0.25, -0.2) is 9.18 Å². The summed E-state index contributed by atoms with van der Waals surface area (Å²) in [5, 5.41) is 13.1. The van der Waals surface area contributed by atoms with Gasteiger partial charge in [0.15, 0.2) is 11.6 Å². The zero-order valence-electron chi connectivity index (χ0n) is 17.0. The highest BCUT2D eigenvalue weighted by Gasteiger charge is 2.38. The maximum Gasteiger partial charge on any atom is 0.341 e. The molecule has 2 N–H and O–H groups in total. The Morgan fingerprint density at radius 1 is 1.33 bits per heavy atom. The number of carboxylic acid groups (broad SMARTS) is 1. The van der Waals surface area contributed by atoms with Crippen molar-refractivity contribution >= 4 is 22.6 Å². The van der Waals surface area contributed by atoms with Crippen LogP contribution in [-0.4, -0.2) is 47.9 Å². The largest absolute Gasteiger partial charge is 0.489 e. The second-order valence-corrected chi connectivity index (χ2v) is 8.55. The molecule has 3 fully saturated rings. The number of piperidine rings is 1. The second kappa shape index (κ2) is 7.27. The Morgan fingerprint density at radius 2 is 2.13 bits per heavy atom. The Balaban J connectivity index is 1.74. The van der Waals surface area contributed by atoms with Crippen molar-refractivity contribution in [2.24, 2.45) is 5.92 Å². The summed E-state index contributed by atoms with van der Waals surface area (Å²) in [4.78, 5) is 26.5. The number of aromatic nitrogens is 1. The molecule has 3 heterocycles. The summed E-state index contributed by atoms with van der Waals surface area (Å²) >= 11 is 0. The van der Waals surface area contributed by atoms with Crippen LogP contribution in [0.25, 0.3) is 10.9 Å². The molecule has 1 aromatic heterocycles. The number of hydrogen-bond acceptors (Lipinski definition) is 5. The molecule has 1 saturated carbocycles. The van der Waals surface area contributed by atoms with E-state index >= 15 is 4.39 Å². The van der Waals surface area contributed by atoms with Crippen molar-refractivity contribution in [3.05, 3.63) is 33.9 Å². The number of benzene rings is 1. The smallest absolute Gasteiger partial charge is 0.341 e. The van der Waals surface area contributed by atoms with E-state index in [4.69, 9.17) is 4.74 Å². The highest BCUT2D eigenvalue weighted by molar-refractivity contribution is 5.97. The molecule has 2 unspecified atom stereocenters. The Hall–Kier alpha value is -2.61. The van der Waals surface area contributed by atoms with Crippen LogP contribution < -0.4 is 20.4 Å². The minimum Gasteiger partial charge on any atom is -0.489 e. The summed E-state index contributed by atoms with van der Waals surface area (Å²) in [7, 11) is 0. The fourth-order valence-electron chi connectivity index (χ4n) is 5.04. The number of pyridine rings is 1. The first kappa shape index (κ1) is 19.4. The van der Waals surface area contributed by atoms with E-state index in [9.17, 15) is 14.7 Å². The number of nitrogens with one attached hydrogen (secondary N) is 1. The molecule has 3 aliphatic rings. The summed E-state index contributed by atoms with van der Waals surface area (Å²) in [5.74, 6) is -1.02. The number of ether oxygens (including phenoxy) is 1. The van der Waals surface area contributed by atoms with E-state index in [1.807, 2.05) is 16.4 Å². The Labute approximate surface area is 173 Å². The zero-order valence-corrected chi connectivity index (χ0v) is 17.0. The van der Waals surface area contributed by atoms with Gasteiger partial charge in [-0.2, -0.15) is 0 Å². The molecule has 8 heteroatoms. The number of rotatable bonds is 5. The predicted molar refractivity (Wildman–Crippen MR) is 111 cm³/mol. The number of fused-ring (bicyclic) bond motifs is 2. The number of halogens is 1. The molecule has 0 radical (unpaired) electrons. The monoisotopic (exact) mass is 415 g/mol. The van der Waals surface area contributed by atoms with Gasteiger partial charge >= 0.3 is 5.97 Å². The summed E-state index contributed by atoms with van der Waals surface area (Å²) in [6.07, 6.45) is 5.43. The number of anilines is 1. The highest BCUT2D eigenvalue weighted by atomic mass is 19.1. The molecular weight excluding hydrogens is 389 g/mol. The van der Waals surface area contributed by atoms with Gasteiger partial charge in [-0.1, -0.05) is 0 Å². The maximum absolute atomic E-state index is 15.5. The quantitative estimate of drug-likeness (QED) is 0.781. The minimum atomic E-state index is -1.30. The molecule has 2 atom stereocenters. The lowest BCUT2D eigenvalue weighted by Crippen LogP contribution is -2.40. The Morgan fingerprint density at radius 3 is 2.80 bits per heavy atom. The van der Waals surface area contributed by atoms with E-state index in [0.29, 0.717) is 42.1 Å². The van der Waals surface area contributed by atoms with Crippen LogP contribution in [0.4, 0.5) is 10.1 Å². The predicted octanol–water partition coefficient (Wildman–Crippen LogP) is 2.76. The average Bonchev–Trinajstić information content (AvgIpc) is 3.47. The molecule has 7 nitrogen and oxygen atoms in total. The zero-order chi connectivity index (χ0) is 21.0. The van der Waals surface area contributed by atoms with Crippen molar-refractivity contribution in [2.75, 3.05) is 31.1 Å². The number of carboxylic acids is 1. The molecule has 2 saturated heterocycles. The second-order valence-electron chi connectivity index (χ2n) is 8.55. The van der Waals surface area contributed by atoms with E-state index < -0.39 is 17.2 Å². The minimum absolute atomic E-state index is 0.0706. The molecular formula is C22H26FN3O4. The molecule has 0 spiro atoms. The summed E-state index contributed by atoms with van der Waals surface area (Å²) in [6, 6.07) is 1.63. The van der Waals surface area contributed by atoms with Crippen LogP contribution in [0.3, 0.4) is 0 Å². The lowest BCUT2D eigenvalue weighted by molar-refractivity contribution is 0.0694. The Bertz CT molecular complexity index is 1060. The van der Waals surface area contributed by atoms with Gasteiger partial charge in [-0.05, 0) is 51.1 Å². The van der Waals surface area contributed by atoms with E-state index in [1.54, 1.807) is 0 Å². The number of hydrogen-bond donors (Lipinski definition) is 2. The van der Waals surface area contributed by atoms with Crippen LogP contribution in [0.1, 0.15) is 49.0 Å². The maximum atomic E-state index is 15.5. The molecule has 5 rings (SSSR count). The Kier molecular flexibility index (Phi) is 4.69. The van der Waals surface area contributed by atoms with Gasteiger partial charge in [0.05, 0.1) is 17.5 Å². The molecule has 2 aliphatic heterocycles. The van der Waals surface area contributed by atoms with Crippen molar-refractivity contribution in [2.45, 2.75) is 44.7 Å². The van der Waals surface area contributed by atoms with E-state index in [0.717, 1.165) is 38.8 Å².